The molecule has 0 aliphatic carbocycles. The van der Waals surface area contributed by atoms with Crippen LogP contribution in [0.15, 0.2) is 30.3 Å². The SMILES string of the molecule is O=C(OC(=O)C(F)(F)F)[C@@H]1CCN(Cc2ccccc2)C1. The van der Waals surface area contributed by atoms with Gasteiger partial charge in [0.25, 0.3) is 0 Å². The minimum Gasteiger partial charge on any atom is -0.386 e. The summed E-state index contributed by atoms with van der Waals surface area (Å²) in [5, 5.41) is 0. The second-order valence-electron chi connectivity index (χ2n) is 4.91. The number of esters is 2. The summed E-state index contributed by atoms with van der Waals surface area (Å²) in [5.74, 6) is -4.25. The highest BCUT2D eigenvalue weighted by Crippen LogP contribution is 2.22. The number of halogens is 3. The predicted molar refractivity (Wildman–Crippen MR) is 67.0 cm³/mol. The molecule has 1 atom stereocenters. The lowest BCUT2D eigenvalue weighted by Crippen LogP contribution is -2.32. The van der Waals surface area contributed by atoms with E-state index in [4.69, 9.17) is 0 Å². The third kappa shape index (κ3) is 4.29. The largest absolute Gasteiger partial charge is 0.491 e. The molecule has 1 heterocycles. The Labute approximate surface area is 119 Å². The van der Waals surface area contributed by atoms with Gasteiger partial charge in [0.2, 0.25) is 0 Å². The second kappa shape index (κ2) is 6.26. The minimum absolute atomic E-state index is 0.291. The molecule has 1 saturated heterocycles. The third-order valence-corrected chi connectivity index (χ3v) is 3.28. The normalized spacial score (nSPS) is 19.5. The topological polar surface area (TPSA) is 46.6 Å². The molecule has 2 rings (SSSR count). The summed E-state index contributed by atoms with van der Waals surface area (Å²) in [4.78, 5) is 24.1. The molecule has 0 radical (unpaired) electrons. The van der Waals surface area contributed by atoms with Gasteiger partial charge in [-0.25, -0.2) is 4.79 Å². The molecular weight excluding hydrogens is 287 g/mol. The van der Waals surface area contributed by atoms with E-state index in [9.17, 15) is 22.8 Å². The maximum Gasteiger partial charge on any atom is 0.491 e. The number of hydrogen-bond donors (Lipinski definition) is 0. The lowest BCUT2D eigenvalue weighted by Gasteiger charge is -2.15. The van der Waals surface area contributed by atoms with Crippen LogP contribution in [0.3, 0.4) is 0 Å². The summed E-state index contributed by atoms with van der Waals surface area (Å²) in [5.41, 5.74) is 1.05. The van der Waals surface area contributed by atoms with Crippen molar-refractivity contribution in [3.63, 3.8) is 0 Å². The molecule has 0 aromatic heterocycles. The fraction of sp³-hybridized carbons (Fsp3) is 0.429. The van der Waals surface area contributed by atoms with E-state index >= 15 is 0 Å². The van der Waals surface area contributed by atoms with Crippen LogP contribution < -0.4 is 0 Å². The quantitative estimate of drug-likeness (QED) is 0.634. The van der Waals surface area contributed by atoms with Crippen molar-refractivity contribution < 1.29 is 27.5 Å². The molecule has 0 bridgehead atoms. The van der Waals surface area contributed by atoms with Gasteiger partial charge < -0.3 is 4.74 Å². The number of alkyl halides is 3. The first kappa shape index (κ1) is 15.5. The summed E-state index contributed by atoms with van der Waals surface area (Å²) in [6.07, 6.45) is -4.76. The molecule has 114 valence electrons. The fourth-order valence-corrected chi connectivity index (χ4v) is 2.24. The molecule has 1 aromatic rings. The molecule has 1 fully saturated rings. The van der Waals surface area contributed by atoms with E-state index in [2.05, 4.69) is 4.74 Å². The standard InChI is InChI=1S/C14H14F3NO3/c15-14(16,17)13(20)21-12(19)11-6-7-18(9-11)8-10-4-2-1-3-5-10/h1-5,11H,6-9H2/t11-/m1/s1. The van der Waals surface area contributed by atoms with E-state index in [1.807, 2.05) is 35.2 Å². The summed E-state index contributed by atoms with van der Waals surface area (Å²) < 4.78 is 39.9. The number of likely N-dealkylation sites (tertiary alicyclic amines) is 1. The highest BCUT2D eigenvalue weighted by Gasteiger charge is 2.44. The van der Waals surface area contributed by atoms with Crippen LogP contribution in [-0.4, -0.2) is 36.1 Å². The van der Waals surface area contributed by atoms with Crippen LogP contribution in [0.5, 0.6) is 0 Å². The van der Waals surface area contributed by atoms with Gasteiger partial charge in [0.1, 0.15) is 0 Å². The number of nitrogens with zero attached hydrogens (tertiary/aromatic N) is 1. The Morgan fingerprint density at radius 2 is 1.90 bits per heavy atom. The van der Waals surface area contributed by atoms with E-state index in [0.717, 1.165) is 5.56 Å². The number of benzene rings is 1. The Morgan fingerprint density at radius 1 is 1.24 bits per heavy atom. The maximum atomic E-state index is 12.0. The molecule has 0 saturated carbocycles. The van der Waals surface area contributed by atoms with Crippen molar-refractivity contribution in [3.8, 4) is 0 Å². The Morgan fingerprint density at radius 3 is 2.52 bits per heavy atom. The maximum absolute atomic E-state index is 12.0. The van der Waals surface area contributed by atoms with Crippen LogP contribution in [-0.2, 0) is 20.9 Å². The van der Waals surface area contributed by atoms with Gasteiger partial charge >= 0.3 is 18.1 Å². The first-order valence-electron chi connectivity index (χ1n) is 6.45. The highest BCUT2D eigenvalue weighted by molar-refractivity contribution is 5.89. The number of ether oxygens (including phenoxy) is 1. The molecule has 0 amide bonds. The Kier molecular flexibility index (Phi) is 4.62. The lowest BCUT2D eigenvalue weighted by atomic mass is 10.1. The van der Waals surface area contributed by atoms with Crippen LogP contribution in [0.4, 0.5) is 13.2 Å². The van der Waals surface area contributed by atoms with Crippen LogP contribution in [0.25, 0.3) is 0 Å². The molecule has 21 heavy (non-hydrogen) atoms. The van der Waals surface area contributed by atoms with Gasteiger partial charge in [0.05, 0.1) is 5.92 Å². The molecular formula is C14H14F3NO3. The monoisotopic (exact) mass is 301 g/mol. The van der Waals surface area contributed by atoms with Crippen molar-refractivity contribution in [2.75, 3.05) is 13.1 Å². The number of carbonyl (C=O) groups excluding carboxylic acids is 2. The Bertz CT molecular complexity index is 516. The summed E-state index contributed by atoms with van der Waals surface area (Å²) >= 11 is 0. The van der Waals surface area contributed by atoms with Crippen LogP contribution in [0, 0.1) is 5.92 Å². The molecule has 7 heteroatoms. The van der Waals surface area contributed by atoms with Crippen LogP contribution in [0.1, 0.15) is 12.0 Å². The zero-order valence-electron chi connectivity index (χ0n) is 11.1. The Balaban J connectivity index is 1.85. The van der Waals surface area contributed by atoms with Crippen molar-refractivity contribution in [3.05, 3.63) is 35.9 Å². The third-order valence-electron chi connectivity index (χ3n) is 3.28. The van der Waals surface area contributed by atoms with Crippen LogP contribution >= 0.6 is 0 Å². The van der Waals surface area contributed by atoms with Gasteiger partial charge in [-0.05, 0) is 18.5 Å². The van der Waals surface area contributed by atoms with Gasteiger partial charge in [-0.1, -0.05) is 30.3 Å². The first-order chi connectivity index (χ1) is 9.86. The molecule has 0 spiro atoms. The lowest BCUT2D eigenvalue weighted by molar-refractivity contribution is -0.203. The highest BCUT2D eigenvalue weighted by atomic mass is 19.4. The van der Waals surface area contributed by atoms with Gasteiger partial charge in [-0.2, -0.15) is 13.2 Å². The molecule has 1 aliphatic heterocycles. The molecule has 1 aliphatic rings. The van der Waals surface area contributed by atoms with Crippen LogP contribution in [0.2, 0.25) is 0 Å². The first-order valence-corrected chi connectivity index (χ1v) is 6.45. The van der Waals surface area contributed by atoms with E-state index in [1.54, 1.807) is 0 Å². The zero-order valence-corrected chi connectivity index (χ0v) is 11.1. The van der Waals surface area contributed by atoms with Crippen molar-refractivity contribution >= 4 is 11.9 Å². The Hall–Kier alpha value is -1.89. The molecule has 4 nitrogen and oxygen atoms in total. The summed E-state index contributed by atoms with van der Waals surface area (Å²) in [6.45, 7) is 1.48. The van der Waals surface area contributed by atoms with E-state index in [-0.39, 0.29) is 0 Å². The van der Waals surface area contributed by atoms with Gasteiger partial charge in [-0.15, -0.1) is 0 Å². The van der Waals surface area contributed by atoms with Crippen molar-refractivity contribution in [2.24, 2.45) is 5.92 Å². The zero-order chi connectivity index (χ0) is 15.5. The van der Waals surface area contributed by atoms with Crippen molar-refractivity contribution in [1.29, 1.82) is 0 Å². The van der Waals surface area contributed by atoms with Crippen molar-refractivity contribution in [1.82, 2.24) is 4.90 Å². The van der Waals surface area contributed by atoms with Crippen molar-refractivity contribution in [2.45, 2.75) is 19.1 Å². The number of hydrogen-bond acceptors (Lipinski definition) is 4. The van der Waals surface area contributed by atoms with Gasteiger partial charge in [0, 0.05) is 13.1 Å². The fourth-order valence-electron chi connectivity index (χ4n) is 2.24. The van der Waals surface area contributed by atoms with E-state index < -0.39 is 24.0 Å². The van der Waals surface area contributed by atoms with Gasteiger partial charge in [0.15, 0.2) is 0 Å². The average Bonchev–Trinajstić information content (AvgIpc) is 2.87. The molecule has 0 unspecified atom stereocenters. The predicted octanol–water partition coefficient (Wildman–Crippen LogP) is 2.14. The summed E-state index contributed by atoms with van der Waals surface area (Å²) in [7, 11) is 0. The average molecular weight is 301 g/mol. The number of rotatable bonds is 3. The van der Waals surface area contributed by atoms with Gasteiger partial charge in [-0.3, -0.25) is 9.69 Å². The number of carbonyl (C=O) groups is 2. The smallest absolute Gasteiger partial charge is 0.386 e. The molecule has 0 N–H and O–H groups in total. The minimum atomic E-state index is -5.14. The second-order valence-corrected chi connectivity index (χ2v) is 4.91. The summed E-state index contributed by atoms with van der Waals surface area (Å²) in [6, 6.07) is 9.52. The van der Waals surface area contributed by atoms with E-state index in [0.29, 0.717) is 26.1 Å². The van der Waals surface area contributed by atoms with E-state index in [1.165, 1.54) is 0 Å². The molecule has 1 aromatic carbocycles.